The summed E-state index contributed by atoms with van der Waals surface area (Å²) in [5.41, 5.74) is 5.75. The zero-order chi connectivity index (χ0) is 14.7. The van der Waals surface area contributed by atoms with Gasteiger partial charge >= 0.3 is 0 Å². The predicted molar refractivity (Wildman–Crippen MR) is 70.6 cm³/mol. The van der Waals surface area contributed by atoms with Gasteiger partial charge in [-0.2, -0.15) is 0 Å². The van der Waals surface area contributed by atoms with Gasteiger partial charge in [0.2, 0.25) is 5.22 Å². The summed E-state index contributed by atoms with van der Waals surface area (Å²) in [4.78, 5) is 12.0. The SMILES string of the molecule is N/C(=N/O)c1cc(F)ccc1NC(=O)c1ccoc1Cl. The maximum absolute atomic E-state index is 13.2. The van der Waals surface area contributed by atoms with Gasteiger partial charge in [0.15, 0.2) is 5.84 Å². The third-order valence-corrected chi connectivity index (χ3v) is 2.77. The van der Waals surface area contributed by atoms with E-state index in [1.54, 1.807) is 0 Å². The fourth-order valence-corrected chi connectivity index (χ4v) is 1.74. The number of furan rings is 1. The molecule has 20 heavy (non-hydrogen) atoms. The Balaban J connectivity index is 2.35. The highest BCUT2D eigenvalue weighted by molar-refractivity contribution is 6.32. The Labute approximate surface area is 117 Å². The van der Waals surface area contributed by atoms with Crippen LogP contribution in [0.3, 0.4) is 0 Å². The average molecular weight is 298 g/mol. The van der Waals surface area contributed by atoms with E-state index in [4.69, 9.17) is 27.0 Å². The molecule has 0 aliphatic rings. The van der Waals surface area contributed by atoms with Gasteiger partial charge in [-0.15, -0.1) is 0 Å². The van der Waals surface area contributed by atoms with Crippen LogP contribution in [0.15, 0.2) is 40.1 Å². The van der Waals surface area contributed by atoms with Crippen molar-refractivity contribution in [3.63, 3.8) is 0 Å². The van der Waals surface area contributed by atoms with Crippen molar-refractivity contribution in [2.45, 2.75) is 0 Å². The van der Waals surface area contributed by atoms with Gasteiger partial charge in [-0.3, -0.25) is 4.79 Å². The second-order valence-electron chi connectivity index (χ2n) is 3.74. The smallest absolute Gasteiger partial charge is 0.260 e. The average Bonchev–Trinajstić information content (AvgIpc) is 2.86. The van der Waals surface area contributed by atoms with Crippen molar-refractivity contribution in [1.82, 2.24) is 0 Å². The van der Waals surface area contributed by atoms with Crippen molar-refractivity contribution in [3.8, 4) is 0 Å². The molecule has 104 valence electrons. The van der Waals surface area contributed by atoms with Crippen LogP contribution in [0.2, 0.25) is 5.22 Å². The number of hydrogen-bond acceptors (Lipinski definition) is 4. The van der Waals surface area contributed by atoms with E-state index in [-0.39, 0.29) is 27.9 Å². The van der Waals surface area contributed by atoms with Crippen molar-refractivity contribution >= 4 is 29.0 Å². The number of benzene rings is 1. The Morgan fingerprint density at radius 3 is 2.75 bits per heavy atom. The Morgan fingerprint density at radius 2 is 2.15 bits per heavy atom. The van der Waals surface area contributed by atoms with Crippen LogP contribution in [0, 0.1) is 5.82 Å². The van der Waals surface area contributed by atoms with Crippen molar-refractivity contribution in [2.24, 2.45) is 10.9 Å². The molecule has 0 radical (unpaired) electrons. The maximum Gasteiger partial charge on any atom is 0.260 e. The van der Waals surface area contributed by atoms with Gasteiger partial charge in [0.1, 0.15) is 5.82 Å². The van der Waals surface area contributed by atoms with E-state index < -0.39 is 11.7 Å². The van der Waals surface area contributed by atoms with Crippen molar-refractivity contribution < 1.29 is 18.8 Å². The number of amides is 1. The molecule has 0 aliphatic carbocycles. The van der Waals surface area contributed by atoms with Crippen LogP contribution in [-0.2, 0) is 0 Å². The lowest BCUT2D eigenvalue weighted by molar-refractivity contribution is 0.102. The number of rotatable bonds is 3. The molecule has 1 aromatic heterocycles. The highest BCUT2D eigenvalue weighted by Gasteiger charge is 2.16. The molecule has 2 rings (SSSR count). The van der Waals surface area contributed by atoms with Crippen molar-refractivity contribution in [2.75, 3.05) is 5.32 Å². The third-order valence-electron chi connectivity index (χ3n) is 2.48. The molecule has 1 amide bonds. The van der Waals surface area contributed by atoms with E-state index in [2.05, 4.69) is 10.5 Å². The molecule has 4 N–H and O–H groups in total. The van der Waals surface area contributed by atoms with Crippen LogP contribution in [0.1, 0.15) is 15.9 Å². The first-order valence-corrected chi connectivity index (χ1v) is 5.72. The van der Waals surface area contributed by atoms with Gasteiger partial charge < -0.3 is 20.7 Å². The fourth-order valence-electron chi connectivity index (χ4n) is 1.54. The number of anilines is 1. The number of oxime groups is 1. The molecule has 0 saturated heterocycles. The van der Waals surface area contributed by atoms with Gasteiger partial charge in [0.05, 0.1) is 17.5 Å². The zero-order valence-electron chi connectivity index (χ0n) is 9.93. The number of nitrogens with two attached hydrogens (primary N) is 1. The van der Waals surface area contributed by atoms with Gasteiger partial charge in [0.25, 0.3) is 5.91 Å². The predicted octanol–water partition coefficient (Wildman–Crippen LogP) is 2.42. The second kappa shape index (κ2) is 5.62. The van der Waals surface area contributed by atoms with Crippen LogP contribution < -0.4 is 11.1 Å². The van der Waals surface area contributed by atoms with E-state index in [1.165, 1.54) is 18.4 Å². The molecule has 6 nitrogen and oxygen atoms in total. The summed E-state index contributed by atoms with van der Waals surface area (Å²) in [6, 6.07) is 4.82. The van der Waals surface area contributed by atoms with Crippen molar-refractivity contribution in [1.29, 1.82) is 0 Å². The first-order chi connectivity index (χ1) is 9.52. The molecule has 8 heteroatoms. The minimum Gasteiger partial charge on any atom is -0.452 e. The number of hydrogen-bond donors (Lipinski definition) is 3. The lowest BCUT2D eigenvalue weighted by Crippen LogP contribution is -2.19. The summed E-state index contributed by atoms with van der Waals surface area (Å²) in [6.45, 7) is 0. The van der Waals surface area contributed by atoms with E-state index in [0.29, 0.717) is 0 Å². The zero-order valence-corrected chi connectivity index (χ0v) is 10.7. The first-order valence-electron chi connectivity index (χ1n) is 5.34. The van der Waals surface area contributed by atoms with E-state index >= 15 is 0 Å². The summed E-state index contributed by atoms with van der Waals surface area (Å²) in [5.74, 6) is -1.49. The summed E-state index contributed by atoms with van der Waals surface area (Å²) in [6.07, 6.45) is 1.26. The fraction of sp³-hybridized carbons (Fsp3) is 0. The highest BCUT2D eigenvalue weighted by Crippen LogP contribution is 2.21. The Bertz CT molecular complexity index is 684. The lowest BCUT2D eigenvalue weighted by atomic mass is 10.1. The molecule has 1 aromatic carbocycles. The summed E-state index contributed by atoms with van der Waals surface area (Å²) in [5, 5.41) is 13.8. The van der Waals surface area contributed by atoms with E-state index in [0.717, 1.165) is 12.1 Å². The van der Waals surface area contributed by atoms with E-state index in [9.17, 15) is 9.18 Å². The molecule has 2 aromatic rings. The second-order valence-corrected chi connectivity index (χ2v) is 4.08. The highest BCUT2D eigenvalue weighted by atomic mass is 35.5. The van der Waals surface area contributed by atoms with E-state index in [1.807, 2.05) is 0 Å². The van der Waals surface area contributed by atoms with Gasteiger partial charge in [-0.05, 0) is 35.9 Å². The largest absolute Gasteiger partial charge is 0.452 e. The van der Waals surface area contributed by atoms with Crippen molar-refractivity contribution in [3.05, 3.63) is 52.7 Å². The Hall–Kier alpha value is -2.54. The molecule has 0 bridgehead atoms. The maximum atomic E-state index is 13.2. The Kier molecular flexibility index (Phi) is 3.90. The van der Waals surface area contributed by atoms with Crippen LogP contribution in [0.25, 0.3) is 0 Å². The molecule has 0 saturated carbocycles. The Morgan fingerprint density at radius 1 is 1.40 bits per heavy atom. The number of nitrogens with zero attached hydrogens (tertiary/aromatic N) is 1. The third kappa shape index (κ3) is 2.72. The first kappa shape index (κ1) is 13.9. The minimum atomic E-state index is -0.592. The molecule has 0 aliphatic heterocycles. The quantitative estimate of drug-likeness (QED) is 0.350. The number of carbonyl (C=O) groups excluding carboxylic acids is 1. The molecule has 0 atom stereocenters. The van der Waals surface area contributed by atoms with Crippen LogP contribution in [0.5, 0.6) is 0 Å². The van der Waals surface area contributed by atoms with Crippen LogP contribution >= 0.6 is 11.6 Å². The monoisotopic (exact) mass is 297 g/mol. The number of nitrogens with one attached hydrogen (secondary N) is 1. The number of halogens is 2. The molecule has 0 fully saturated rings. The van der Waals surface area contributed by atoms with Gasteiger partial charge in [-0.1, -0.05) is 5.16 Å². The molecule has 0 unspecified atom stereocenters. The standard InChI is InChI=1S/C12H9ClFN3O3/c13-10-7(3-4-20-10)12(18)16-9-2-1-6(14)5-8(9)11(15)17-19/h1-5,19H,(H2,15,17)(H,16,18). The molecular formula is C12H9ClFN3O3. The molecule has 1 heterocycles. The number of amidine groups is 1. The summed E-state index contributed by atoms with van der Waals surface area (Å²) < 4.78 is 18.0. The van der Waals surface area contributed by atoms with Gasteiger partial charge in [-0.25, -0.2) is 4.39 Å². The minimum absolute atomic E-state index is 0.0421. The topological polar surface area (TPSA) is 101 Å². The van der Waals surface area contributed by atoms with Crippen LogP contribution in [-0.4, -0.2) is 17.0 Å². The molecule has 0 spiro atoms. The van der Waals surface area contributed by atoms with Crippen LogP contribution in [0.4, 0.5) is 10.1 Å². The lowest BCUT2D eigenvalue weighted by Gasteiger charge is -2.09. The number of carbonyl (C=O) groups is 1. The molecular weight excluding hydrogens is 289 g/mol. The summed E-state index contributed by atoms with van der Waals surface area (Å²) in [7, 11) is 0. The summed E-state index contributed by atoms with van der Waals surface area (Å²) >= 11 is 5.68. The van der Waals surface area contributed by atoms with Gasteiger partial charge in [0, 0.05) is 5.56 Å². The normalized spacial score (nSPS) is 11.4.